The lowest BCUT2D eigenvalue weighted by Gasteiger charge is -2.11. The minimum Gasteiger partial charge on any atom is -0.493 e. The van der Waals surface area contributed by atoms with E-state index in [-0.39, 0.29) is 18.9 Å². The van der Waals surface area contributed by atoms with Crippen LogP contribution in [0.15, 0.2) is 42.5 Å². The van der Waals surface area contributed by atoms with E-state index in [4.69, 9.17) is 33.7 Å². The molecule has 0 aliphatic rings. The molecule has 21 heavy (non-hydrogen) atoms. The van der Waals surface area contributed by atoms with Crippen molar-refractivity contribution in [2.24, 2.45) is 0 Å². The van der Waals surface area contributed by atoms with Gasteiger partial charge in [0.25, 0.3) is 0 Å². The summed E-state index contributed by atoms with van der Waals surface area (Å²) in [4.78, 5) is 11.9. The van der Waals surface area contributed by atoms with E-state index in [1.165, 1.54) is 12.1 Å². The highest BCUT2D eigenvalue weighted by atomic mass is 35.5. The zero-order valence-corrected chi connectivity index (χ0v) is 12.6. The van der Waals surface area contributed by atoms with Crippen LogP contribution >= 0.6 is 23.2 Å². The number of hydrogen-bond acceptors (Lipinski definition) is 3. The number of anilines is 2. The number of para-hydroxylation sites is 1. The molecule has 0 fully saturated rings. The Bertz CT molecular complexity index is 610. The quantitative estimate of drug-likeness (QED) is 0.817. The number of nitrogens with two attached hydrogens (primary N) is 1. The first-order valence-electron chi connectivity index (χ1n) is 6.28. The molecule has 0 bridgehead atoms. The van der Waals surface area contributed by atoms with Gasteiger partial charge in [0.2, 0.25) is 5.91 Å². The Kier molecular flexibility index (Phi) is 5.31. The number of halogens is 2. The van der Waals surface area contributed by atoms with Gasteiger partial charge in [-0.2, -0.15) is 0 Å². The SMILES string of the molecule is Nc1cc(Cl)cc(Cl)c1NC(=O)CCOc1ccccc1. The van der Waals surface area contributed by atoms with E-state index in [0.29, 0.717) is 27.2 Å². The van der Waals surface area contributed by atoms with Gasteiger partial charge in [0.1, 0.15) is 5.75 Å². The smallest absolute Gasteiger partial charge is 0.227 e. The van der Waals surface area contributed by atoms with Gasteiger partial charge in [-0.1, -0.05) is 41.4 Å². The van der Waals surface area contributed by atoms with Crippen LogP contribution in [-0.4, -0.2) is 12.5 Å². The lowest BCUT2D eigenvalue weighted by Crippen LogP contribution is -2.16. The lowest BCUT2D eigenvalue weighted by molar-refractivity contribution is -0.116. The Morgan fingerprint density at radius 1 is 1.19 bits per heavy atom. The van der Waals surface area contributed by atoms with Gasteiger partial charge >= 0.3 is 0 Å². The molecule has 0 atom stereocenters. The summed E-state index contributed by atoms with van der Waals surface area (Å²) in [6.07, 6.45) is 0.188. The molecule has 6 heteroatoms. The molecule has 0 heterocycles. The minimum absolute atomic E-state index is 0.188. The van der Waals surface area contributed by atoms with Crippen molar-refractivity contribution in [1.82, 2.24) is 0 Å². The van der Waals surface area contributed by atoms with Crippen LogP contribution in [0.5, 0.6) is 5.75 Å². The molecule has 0 aromatic heterocycles. The van der Waals surface area contributed by atoms with Gasteiger partial charge in [-0.15, -0.1) is 0 Å². The molecule has 0 radical (unpaired) electrons. The molecule has 4 nitrogen and oxygen atoms in total. The van der Waals surface area contributed by atoms with Gasteiger partial charge in [-0.25, -0.2) is 0 Å². The summed E-state index contributed by atoms with van der Waals surface area (Å²) in [7, 11) is 0. The summed E-state index contributed by atoms with van der Waals surface area (Å²) >= 11 is 11.8. The first-order chi connectivity index (χ1) is 10.1. The summed E-state index contributed by atoms with van der Waals surface area (Å²) in [5, 5.41) is 3.38. The molecule has 0 saturated carbocycles. The summed E-state index contributed by atoms with van der Waals surface area (Å²) in [5.41, 5.74) is 6.47. The number of rotatable bonds is 5. The van der Waals surface area contributed by atoms with Crippen LogP contribution in [-0.2, 0) is 4.79 Å². The number of hydrogen-bond donors (Lipinski definition) is 2. The molecule has 0 saturated heterocycles. The maximum atomic E-state index is 11.9. The van der Waals surface area contributed by atoms with Crippen molar-refractivity contribution in [3.8, 4) is 5.75 Å². The Labute approximate surface area is 132 Å². The van der Waals surface area contributed by atoms with Crippen molar-refractivity contribution < 1.29 is 9.53 Å². The number of nitrogen functional groups attached to an aromatic ring is 1. The van der Waals surface area contributed by atoms with Crippen LogP contribution in [0.1, 0.15) is 6.42 Å². The maximum Gasteiger partial charge on any atom is 0.227 e. The third-order valence-corrected chi connectivity index (χ3v) is 3.21. The van der Waals surface area contributed by atoms with Crippen LogP contribution in [0.4, 0.5) is 11.4 Å². The molecule has 2 rings (SSSR count). The molecular formula is C15H14Cl2N2O2. The topological polar surface area (TPSA) is 64.3 Å². The molecular weight excluding hydrogens is 311 g/mol. The second-order valence-electron chi connectivity index (χ2n) is 4.31. The third-order valence-electron chi connectivity index (χ3n) is 2.69. The standard InChI is InChI=1S/C15H14Cl2N2O2/c16-10-8-12(17)15(13(18)9-10)19-14(20)6-7-21-11-4-2-1-3-5-11/h1-5,8-9H,6-7,18H2,(H,19,20). The second kappa shape index (κ2) is 7.20. The average molecular weight is 325 g/mol. The summed E-state index contributed by atoms with van der Waals surface area (Å²) in [6, 6.07) is 12.3. The highest BCUT2D eigenvalue weighted by Gasteiger charge is 2.10. The monoisotopic (exact) mass is 324 g/mol. The number of amides is 1. The summed E-state index contributed by atoms with van der Waals surface area (Å²) in [6.45, 7) is 0.265. The number of benzene rings is 2. The van der Waals surface area contributed by atoms with Crippen molar-refractivity contribution in [2.45, 2.75) is 6.42 Å². The molecule has 1 amide bonds. The van der Waals surface area contributed by atoms with Crippen molar-refractivity contribution in [3.63, 3.8) is 0 Å². The van der Waals surface area contributed by atoms with E-state index in [0.717, 1.165) is 0 Å². The fraction of sp³-hybridized carbons (Fsp3) is 0.133. The molecule has 0 aliphatic carbocycles. The Balaban J connectivity index is 1.88. The number of ether oxygens (including phenoxy) is 1. The second-order valence-corrected chi connectivity index (χ2v) is 5.16. The molecule has 0 unspecified atom stereocenters. The Morgan fingerprint density at radius 2 is 1.90 bits per heavy atom. The van der Waals surface area contributed by atoms with Gasteiger partial charge in [0.05, 0.1) is 29.4 Å². The molecule has 110 valence electrons. The number of nitrogens with one attached hydrogen (secondary N) is 1. The summed E-state index contributed by atoms with van der Waals surface area (Å²) in [5.74, 6) is 0.483. The van der Waals surface area contributed by atoms with Crippen LogP contribution in [0.3, 0.4) is 0 Å². The van der Waals surface area contributed by atoms with Gasteiger partial charge < -0.3 is 15.8 Å². The maximum absolute atomic E-state index is 11.9. The third kappa shape index (κ3) is 4.55. The van der Waals surface area contributed by atoms with Gasteiger partial charge in [0.15, 0.2) is 0 Å². The van der Waals surface area contributed by atoms with Crippen molar-refractivity contribution in [1.29, 1.82) is 0 Å². The number of carbonyl (C=O) groups excluding carboxylic acids is 1. The van der Waals surface area contributed by atoms with E-state index in [1.807, 2.05) is 30.3 Å². The fourth-order valence-corrected chi connectivity index (χ4v) is 2.26. The van der Waals surface area contributed by atoms with Crippen molar-refractivity contribution in [3.05, 3.63) is 52.5 Å². The van der Waals surface area contributed by atoms with E-state index in [1.54, 1.807) is 0 Å². The zero-order chi connectivity index (χ0) is 15.2. The molecule has 0 aliphatic heterocycles. The average Bonchev–Trinajstić information content (AvgIpc) is 2.44. The lowest BCUT2D eigenvalue weighted by atomic mass is 10.2. The van der Waals surface area contributed by atoms with E-state index >= 15 is 0 Å². The molecule has 2 aromatic carbocycles. The highest BCUT2D eigenvalue weighted by Crippen LogP contribution is 2.32. The van der Waals surface area contributed by atoms with Crippen LogP contribution in [0.25, 0.3) is 0 Å². The van der Waals surface area contributed by atoms with Crippen LogP contribution in [0, 0.1) is 0 Å². The predicted octanol–water partition coefficient (Wildman–Crippen LogP) is 3.98. The van der Waals surface area contributed by atoms with Crippen LogP contribution < -0.4 is 15.8 Å². The molecule has 3 N–H and O–H groups in total. The van der Waals surface area contributed by atoms with E-state index in [2.05, 4.69) is 5.32 Å². The Hall–Kier alpha value is -1.91. The van der Waals surface area contributed by atoms with Crippen LogP contribution in [0.2, 0.25) is 10.0 Å². The summed E-state index contributed by atoms with van der Waals surface area (Å²) < 4.78 is 5.45. The Morgan fingerprint density at radius 3 is 2.57 bits per heavy atom. The predicted molar refractivity (Wildman–Crippen MR) is 86.1 cm³/mol. The van der Waals surface area contributed by atoms with Crippen molar-refractivity contribution in [2.75, 3.05) is 17.7 Å². The first kappa shape index (κ1) is 15.5. The van der Waals surface area contributed by atoms with E-state index in [9.17, 15) is 4.79 Å². The minimum atomic E-state index is -0.234. The molecule has 0 spiro atoms. The molecule has 2 aromatic rings. The normalized spacial score (nSPS) is 10.2. The fourth-order valence-electron chi connectivity index (χ4n) is 1.71. The van der Waals surface area contributed by atoms with Gasteiger partial charge in [-0.05, 0) is 24.3 Å². The van der Waals surface area contributed by atoms with Crippen molar-refractivity contribution >= 4 is 40.5 Å². The van der Waals surface area contributed by atoms with Gasteiger partial charge in [0, 0.05) is 5.02 Å². The largest absolute Gasteiger partial charge is 0.493 e. The van der Waals surface area contributed by atoms with Gasteiger partial charge in [-0.3, -0.25) is 4.79 Å². The highest BCUT2D eigenvalue weighted by molar-refractivity contribution is 6.37. The zero-order valence-electron chi connectivity index (χ0n) is 11.1. The first-order valence-corrected chi connectivity index (χ1v) is 7.04. The van der Waals surface area contributed by atoms with E-state index < -0.39 is 0 Å². The number of carbonyl (C=O) groups is 1.